The normalized spacial score (nSPS) is 16.9. The lowest BCUT2D eigenvalue weighted by Crippen LogP contribution is -2.47. The fourth-order valence-electron chi connectivity index (χ4n) is 2.60. The molecule has 0 heterocycles. The van der Waals surface area contributed by atoms with Crippen LogP contribution in [0.4, 0.5) is 0 Å². The Hall–Kier alpha value is -0.160. The number of hydrogen-bond acceptors (Lipinski definition) is 4. The van der Waals surface area contributed by atoms with Crippen molar-refractivity contribution >= 4 is 0 Å². The van der Waals surface area contributed by atoms with Gasteiger partial charge in [0.05, 0.1) is 6.61 Å². The predicted molar refractivity (Wildman–Crippen MR) is 83.4 cm³/mol. The van der Waals surface area contributed by atoms with E-state index >= 15 is 0 Å². The summed E-state index contributed by atoms with van der Waals surface area (Å²) in [6, 6.07) is 0.420. The molecule has 0 aromatic rings. The van der Waals surface area contributed by atoms with Crippen molar-refractivity contribution in [2.75, 3.05) is 39.3 Å². The smallest absolute Gasteiger partial charge is 0.0609 e. The maximum absolute atomic E-state index is 9.26. The summed E-state index contributed by atoms with van der Waals surface area (Å²) in [4.78, 5) is 4.92. The first-order valence-electron chi connectivity index (χ1n) is 7.76. The fraction of sp³-hybridized carbons (Fsp3) is 1.00. The Morgan fingerprint density at radius 1 is 1.11 bits per heavy atom. The molecule has 2 unspecified atom stereocenters. The Balaban J connectivity index is 4.12. The van der Waals surface area contributed by atoms with E-state index in [9.17, 15) is 5.11 Å². The lowest BCUT2D eigenvalue weighted by molar-refractivity contribution is 0.136. The van der Waals surface area contributed by atoms with Gasteiger partial charge in [0.25, 0.3) is 0 Å². The number of nitrogens with two attached hydrogens (primary N) is 1. The summed E-state index contributed by atoms with van der Waals surface area (Å²) in [7, 11) is 0. The van der Waals surface area contributed by atoms with Crippen molar-refractivity contribution in [3.8, 4) is 0 Å². The summed E-state index contributed by atoms with van der Waals surface area (Å²) in [5.74, 6) is 0. The molecule has 0 amide bonds. The number of aliphatic hydroxyl groups is 1. The Labute approximate surface area is 120 Å². The molecule has 116 valence electrons. The van der Waals surface area contributed by atoms with Gasteiger partial charge in [-0.1, -0.05) is 20.8 Å². The third kappa shape index (κ3) is 7.88. The van der Waals surface area contributed by atoms with Crippen LogP contribution in [0.3, 0.4) is 0 Å². The molecule has 0 aliphatic heterocycles. The van der Waals surface area contributed by atoms with Crippen LogP contribution in [0.15, 0.2) is 0 Å². The van der Waals surface area contributed by atoms with Gasteiger partial charge < -0.3 is 20.6 Å². The molecule has 0 radical (unpaired) electrons. The zero-order valence-corrected chi connectivity index (χ0v) is 13.7. The van der Waals surface area contributed by atoms with E-state index in [0.717, 1.165) is 39.1 Å². The van der Waals surface area contributed by atoms with E-state index in [0.29, 0.717) is 6.04 Å². The highest BCUT2D eigenvalue weighted by Crippen LogP contribution is 2.13. The van der Waals surface area contributed by atoms with Crippen LogP contribution in [0.1, 0.15) is 47.5 Å². The van der Waals surface area contributed by atoms with E-state index in [1.807, 2.05) is 6.92 Å². The van der Waals surface area contributed by atoms with Crippen molar-refractivity contribution in [2.24, 2.45) is 5.73 Å². The van der Waals surface area contributed by atoms with Crippen LogP contribution in [0.2, 0.25) is 0 Å². The van der Waals surface area contributed by atoms with Crippen LogP contribution in [0.5, 0.6) is 0 Å². The van der Waals surface area contributed by atoms with Crippen molar-refractivity contribution in [3.05, 3.63) is 0 Å². The molecule has 0 aromatic heterocycles. The Morgan fingerprint density at radius 3 is 2.11 bits per heavy atom. The molecular weight excluding hydrogens is 238 g/mol. The molecule has 0 aromatic carbocycles. The first-order chi connectivity index (χ1) is 8.90. The third-order valence-electron chi connectivity index (χ3n) is 3.97. The van der Waals surface area contributed by atoms with Gasteiger partial charge in [-0.25, -0.2) is 0 Å². The fourth-order valence-corrected chi connectivity index (χ4v) is 2.60. The van der Waals surface area contributed by atoms with E-state index in [4.69, 9.17) is 5.73 Å². The van der Waals surface area contributed by atoms with E-state index in [1.54, 1.807) is 0 Å². The van der Waals surface area contributed by atoms with Gasteiger partial charge >= 0.3 is 0 Å². The van der Waals surface area contributed by atoms with Crippen LogP contribution >= 0.6 is 0 Å². The Bertz CT molecular complexity index is 217. The molecule has 0 saturated carbocycles. The zero-order valence-electron chi connectivity index (χ0n) is 13.7. The van der Waals surface area contributed by atoms with Crippen LogP contribution in [-0.2, 0) is 0 Å². The molecule has 0 rings (SSSR count). The van der Waals surface area contributed by atoms with Crippen molar-refractivity contribution in [1.82, 2.24) is 9.80 Å². The first kappa shape index (κ1) is 18.8. The van der Waals surface area contributed by atoms with Gasteiger partial charge in [0.15, 0.2) is 0 Å². The van der Waals surface area contributed by atoms with Gasteiger partial charge in [-0.2, -0.15) is 0 Å². The molecule has 4 heteroatoms. The minimum atomic E-state index is -0.467. The highest BCUT2D eigenvalue weighted by Gasteiger charge is 2.23. The third-order valence-corrected chi connectivity index (χ3v) is 3.97. The summed E-state index contributed by atoms with van der Waals surface area (Å²) < 4.78 is 0. The molecule has 0 spiro atoms. The van der Waals surface area contributed by atoms with Crippen molar-refractivity contribution in [2.45, 2.75) is 59.0 Å². The maximum Gasteiger partial charge on any atom is 0.0609 e. The lowest BCUT2D eigenvalue weighted by Gasteiger charge is -2.34. The summed E-state index contributed by atoms with van der Waals surface area (Å²) in [5, 5.41) is 9.26. The second kappa shape index (κ2) is 9.70. The van der Waals surface area contributed by atoms with Gasteiger partial charge in [-0.3, -0.25) is 0 Å². The van der Waals surface area contributed by atoms with E-state index in [1.165, 1.54) is 6.42 Å². The molecule has 0 aliphatic carbocycles. The molecule has 0 saturated heterocycles. The number of aliphatic hydroxyl groups excluding tert-OH is 1. The van der Waals surface area contributed by atoms with Gasteiger partial charge in [0.2, 0.25) is 0 Å². The van der Waals surface area contributed by atoms with E-state index < -0.39 is 5.54 Å². The number of hydrogen-bond donors (Lipinski definition) is 2. The Morgan fingerprint density at radius 2 is 1.68 bits per heavy atom. The molecule has 19 heavy (non-hydrogen) atoms. The molecule has 0 fully saturated rings. The summed E-state index contributed by atoms with van der Waals surface area (Å²) in [5.41, 5.74) is 5.58. The first-order valence-corrected chi connectivity index (χ1v) is 7.76. The van der Waals surface area contributed by atoms with Crippen molar-refractivity contribution in [3.63, 3.8) is 0 Å². The van der Waals surface area contributed by atoms with Gasteiger partial charge in [0, 0.05) is 11.6 Å². The average molecular weight is 273 g/mol. The average Bonchev–Trinajstić information content (AvgIpc) is 2.38. The van der Waals surface area contributed by atoms with Gasteiger partial charge in [-0.15, -0.1) is 0 Å². The van der Waals surface area contributed by atoms with Crippen LogP contribution < -0.4 is 5.73 Å². The molecular formula is C15H35N3O. The minimum absolute atomic E-state index is 0.0499. The topological polar surface area (TPSA) is 52.7 Å². The number of nitrogens with zero attached hydrogens (tertiary/aromatic N) is 2. The van der Waals surface area contributed by atoms with Crippen molar-refractivity contribution < 1.29 is 5.11 Å². The van der Waals surface area contributed by atoms with Crippen LogP contribution in [-0.4, -0.2) is 65.8 Å². The molecule has 0 aliphatic rings. The van der Waals surface area contributed by atoms with Gasteiger partial charge in [0.1, 0.15) is 0 Å². The highest BCUT2D eigenvalue weighted by atomic mass is 16.3. The highest BCUT2D eigenvalue weighted by molar-refractivity contribution is 4.83. The number of rotatable bonds is 11. The molecule has 4 nitrogen and oxygen atoms in total. The monoisotopic (exact) mass is 273 g/mol. The lowest BCUT2D eigenvalue weighted by atomic mass is 9.95. The van der Waals surface area contributed by atoms with Crippen molar-refractivity contribution in [1.29, 1.82) is 0 Å². The Kier molecular flexibility index (Phi) is 9.62. The molecule has 0 bridgehead atoms. The van der Waals surface area contributed by atoms with Crippen LogP contribution in [0.25, 0.3) is 0 Å². The quantitative estimate of drug-likeness (QED) is 0.599. The second-order valence-corrected chi connectivity index (χ2v) is 5.87. The second-order valence-electron chi connectivity index (χ2n) is 5.87. The predicted octanol–water partition coefficient (Wildman–Crippen LogP) is 1.53. The van der Waals surface area contributed by atoms with Gasteiger partial charge in [-0.05, 0) is 59.4 Å². The summed E-state index contributed by atoms with van der Waals surface area (Å²) in [6.45, 7) is 16.4. The molecule has 2 atom stereocenters. The zero-order chi connectivity index (χ0) is 14.9. The minimum Gasteiger partial charge on any atom is -0.394 e. The summed E-state index contributed by atoms with van der Waals surface area (Å²) >= 11 is 0. The SMILES string of the molecule is CCN(CC)CCCN(CC)C(C)CC(C)(N)CO. The standard InChI is InChI=1S/C15H35N3O/c1-6-17(7-2)10-9-11-18(8-3)14(4)12-15(5,16)13-19/h14,19H,6-13,16H2,1-5H3. The van der Waals surface area contributed by atoms with E-state index in [-0.39, 0.29) is 6.61 Å². The van der Waals surface area contributed by atoms with Crippen LogP contribution in [0, 0.1) is 0 Å². The maximum atomic E-state index is 9.26. The summed E-state index contributed by atoms with van der Waals surface area (Å²) in [6.07, 6.45) is 2.03. The largest absolute Gasteiger partial charge is 0.394 e. The molecule has 3 N–H and O–H groups in total. The van der Waals surface area contributed by atoms with E-state index in [2.05, 4.69) is 37.5 Å².